The maximum atomic E-state index is 9.42. The zero-order valence-electron chi connectivity index (χ0n) is 13.4. The quantitative estimate of drug-likeness (QED) is 0.622. The van der Waals surface area contributed by atoms with E-state index in [4.69, 9.17) is 5.11 Å². The third-order valence-electron chi connectivity index (χ3n) is 3.45. The molecule has 0 aliphatic rings. The highest BCUT2D eigenvalue weighted by Gasteiger charge is 2.12. The van der Waals surface area contributed by atoms with Crippen molar-refractivity contribution in [1.82, 2.24) is 5.32 Å². The summed E-state index contributed by atoms with van der Waals surface area (Å²) in [6, 6.07) is 9.10. The second-order valence-corrected chi connectivity index (χ2v) is 6.78. The lowest BCUT2D eigenvalue weighted by molar-refractivity contribution is 0.113. The molecule has 0 amide bonds. The first-order valence-corrected chi connectivity index (χ1v) is 8.93. The summed E-state index contributed by atoms with van der Waals surface area (Å²) in [4.78, 5) is 0. The van der Waals surface area contributed by atoms with Gasteiger partial charge in [0.05, 0.1) is 12.7 Å². The van der Waals surface area contributed by atoms with Crippen LogP contribution in [0.15, 0.2) is 24.3 Å². The Hall–Kier alpha value is -0.550. The molecule has 1 rings (SSSR count). The lowest BCUT2D eigenvalue weighted by Crippen LogP contribution is -2.25. The van der Waals surface area contributed by atoms with Crippen LogP contribution >= 0.6 is 11.8 Å². The van der Waals surface area contributed by atoms with Crippen LogP contribution < -0.4 is 5.32 Å². The van der Waals surface area contributed by atoms with E-state index in [-0.39, 0.29) is 6.61 Å². The van der Waals surface area contributed by atoms with Gasteiger partial charge in [-0.25, -0.2) is 0 Å². The fraction of sp³-hybridized carbons (Fsp3) is 0.647. The van der Waals surface area contributed by atoms with E-state index in [1.807, 2.05) is 0 Å². The van der Waals surface area contributed by atoms with Gasteiger partial charge >= 0.3 is 0 Å². The van der Waals surface area contributed by atoms with E-state index >= 15 is 0 Å². The van der Waals surface area contributed by atoms with Crippen molar-refractivity contribution in [2.45, 2.75) is 45.3 Å². The highest BCUT2D eigenvalue weighted by Crippen LogP contribution is 2.22. The van der Waals surface area contributed by atoms with E-state index in [0.29, 0.717) is 17.7 Å². The third-order valence-corrected chi connectivity index (χ3v) is 4.64. The summed E-state index contributed by atoms with van der Waals surface area (Å²) in [7, 11) is 0. The Balaban J connectivity index is 2.62. The van der Waals surface area contributed by atoms with Gasteiger partial charge in [0.2, 0.25) is 0 Å². The molecule has 0 bridgehead atoms. The lowest BCUT2D eigenvalue weighted by Gasteiger charge is -2.20. The number of thioether (sulfide) groups is 1. The predicted molar refractivity (Wildman–Crippen MR) is 92.0 cm³/mol. The van der Waals surface area contributed by atoms with Gasteiger partial charge in [-0.2, -0.15) is 11.8 Å². The van der Waals surface area contributed by atoms with Crippen molar-refractivity contribution in [2.24, 2.45) is 0 Å². The summed E-state index contributed by atoms with van der Waals surface area (Å²) in [5, 5.41) is 21.8. The number of aliphatic hydroxyl groups is 2. The molecule has 0 fully saturated rings. The number of hydrogen-bond acceptors (Lipinski definition) is 4. The van der Waals surface area contributed by atoms with Gasteiger partial charge < -0.3 is 15.5 Å². The Kier molecular flexibility index (Phi) is 9.00. The maximum Gasteiger partial charge on any atom is 0.0861 e. The van der Waals surface area contributed by atoms with E-state index in [9.17, 15) is 5.11 Å². The summed E-state index contributed by atoms with van der Waals surface area (Å²) in [6.45, 7) is 7.39. The number of aliphatic hydroxyl groups excluding tert-OH is 2. The highest BCUT2D eigenvalue weighted by atomic mass is 32.2. The van der Waals surface area contributed by atoms with Gasteiger partial charge in [0.25, 0.3) is 0 Å². The molecule has 2 atom stereocenters. The molecular formula is C17H29NO2S. The van der Waals surface area contributed by atoms with Crippen LogP contribution in [0.25, 0.3) is 0 Å². The first-order chi connectivity index (χ1) is 10.1. The van der Waals surface area contributed by atoms with E-state index < -0.39 is 6.10 Å². The predicted octanol–water partition coefficient (Wildman–Crippen LogP) is 2.94. The molecule has 120 valence electrons. The normalized spacial score (nSPS) is 14.4. The summed E-state index contributed by atoms with van der Waals surface area (Å²) >= 11 is 1.68. The fourth-order valence-electron chi connectivity index (χ4n) is 2.08. The number of rotatable bonds is 10. The Morgan fingerprint density at radius 2 is 1.71 bits per heavy atom. The average molecular weight is 311 g/mol. The Labute approximate surface area is 133 Å². The minimum atomic E-state index is -0.620. The van der Waals surface area contributed by atoms with Crippen LogP contribution in [0.4, 0.5) is 0 Å². The molecule has 0 aliphatic heterocycles. The largest absolute Gasteiger partial charge is 0.394 e. The monoisotopic (exact) mass is 311 g/mol. The van der Waals surface area contributed by atoms with Crippen LogP contribution in [-0.2, 0) is 0 Å². The van der Waals surface area contributed by atoms with Gasteiger partial charge in [-0.05, 0) is 30.0 Å². The molecule has 0 heterocycles. The number of hydrogen-bond donors (Lipinski definition) is 3. The molecule has 0 aromatic heterocycles. The number of nitrogens with one attached hydrogen (secondary N) is 1. The molecule has 1 aromatic rings. The lowest BCUT2D eigenvalue weighted by atomic mass is 9.99. The van der Waals surface area contributed by atoms with Crippen molar-refractivity contribution in [3.05, 3.63) is 35.4 Å². The molecule has 0 saturated heterocycles. The smallest absolute Gasteiger partial charge is 0.0861 e. The SMILES string of the molecule is CCCNC(CSCC(O)CO)c1ccc(C(C)C)cc1. The molecular weight excluding hydrogens is 282 g/mol. The van der Waals surface area contributed by atoms with Gasteiger partial charge in [-0.15, -0.1) is 0 Å². The van der Waals surface area contributed by atoms with Gasteiger partial charge in [0.1, 0.15) is 0 Å². The van der Waals surface area contributed by atoms with E-state index in [0.717, 1.165) is 18.7 Å². The maximum absolute atomic E-state index is 9.42. The molecule has 21 heavy (non-hydrogen) atoms. The second kappa shape index (κ2) is 10.2. The van der Waals surface area contributed by atoms with E-state index in [1.165, 1.54) is 11.1 Å². The Morgan fingerprint density at radius 1 is 1.10 bits per heavy atom. The van der Waals surface area contributed by atoms with Gasteiger partial charge in [0.15, 0.2) is 0 Å². The minimum Gasteiger partial charge on any atom is -0.394 e. The van der Waals surface area contributed by atoms with E-state index in [2.05, 4.69) is 50.4 Å². The molecule has 1 aromatic carbocycles. The average Bonchev–Trinajstić information content (AvgIpc) is 2.50. The molecule has 0 aliphatic carbocycles. The Bertz CT molecular complexity index is 381. The summed E-state index contributed by atoms with van der Waals surface area (Å²) in [5.74, 6) is 2.03. The van der Waals surface area contributed by atoms with Crippen LogP contribution in [0.3, 0.4) is 0 Å². The van der Waals surface area contributed by atoms with Crippen LogP contribution in [0, 0.1) is 0 Å². The molecule has 3 N–H and O–H groups in total. The Morgan fingerprint density at radius 3 is 2.24 bits per heavy atom. The van der Waals surface area contributed by atoms with Crippen LogP contribution in [0.5, 0.6) is 0 Å². The van der Waals surface area contributed by atoms with Gasteiger partial charge in [-0.3, -0.25) is 0 Å². The summed E-state index contributed by atoms with van der Waals surface area (Å²) < 4.78 is 0. The molecule has 3 nitrogen and oxygen atoms in total. The molecule has 0 spiro atoms. The van der Waals surface area contributed by atoms with Crippen LogP contribution in [-0.4, -0.2) is 41.0 Å². The molecule has 0 radical (unpaired) electrons. The van der Waals surface area contributed by atoms with Crippen molar-refractivity contribution in [3.63, 3.8) is 0 Å². The fourth-order valence-corrected chi connectivity index (χ4v) is 3.14. The molecule has 0 saturated carbocycles. The first-order valence-electron chi connectivity index (χ1n) is 7.78. The zero-order valence-corrected chi connectivity index (χ0v) is 14.2. The van der Waals surface area contributed by atoms with Gasteiger partial charge in [-0.1, -0.05) is 45.0 Å². The zero-order chi connectivity index (χ0) is 15.7. The van der Waals surface area contributed by atoms with E-state index in [1.54, 1.807) is 11.8 Å². The number of benzene rings is 1. The van der Waals surface area contributed by atoms with Crippen molar-refractivity contribution < 1.29 is 10.2 Å². The third kappa shape index (κ3) is 6.83. The topological polar surface area (TPSA) is 52.5 Å². The molecule has 2 unspecified atom stereocenters. The van der Waals surface area contributed by atoms with Crippen molar-refractivity contribution in [3.8, 4) is 0 Å². The van der Waals surface area contributed by atoms with Crippen molar-refractivity contribution in [2.75, 3.05) is 24.7 Å². The minimum absolute atomic E-state index is 0.164. The molecule has 4 heteroatoms. The first kappa shape index (κ1) is 18.5. The summed E-state index contributed by atoms with van der Waals surface area (Å²) in [6.07, 6.45) is 0.481. The standard InChI is InChI=1S/C17H29NO2S/c1-4-9-18-17(12-21-11-16(20)10-19)15-7-5-14(6-8-15)13(2)3/h5-8,13,16-20H,4,9-12H2,1-3H3. The van der Waals surface area contributed by atoms with Crippen LogP contribution in [0.1, 0.15) is 50.3 Å². The summed E-state index contributed by atoms with van der Waals surface area (Å²) in [5.41, 5.74) is 2.65. The highest BCUT2D eigenvalue weighted by molar-refractivity contribution is 7.99. The second-order valence-electron chi connectivity index (χ2n) is 5.70. The van der Waals surface area contributed by atoms with Crippen molar-refractivity contribution >= 4 is 11.8 Å². The van der Waals surface area contributed by atoms with Crippen LogP contribution in [0.2, 0.25) is 0 Å². The van der Waals surface area contributed by atoms with Gasteiger partial charge in [0, 0.05) is 17.5 Å². The van der Waals surface area contributed by atoms with Crippen molar-refractivity contribution in [1.29, 1.82) is 0 Å².